The number of benzene rings is 1. The normalized spacial score (nSPS) is 24.9. The second kappa shape index (κ2) is 6.30. The molecule has 2 fully saturated rings. The highest BCUT2D eigenvalue weighted by Gasteiger charge is 2.42. The summed E-state index contributed by atoms with van der Waals surface area (Å²) in [5.41, 5.74) is 1.79. The molecule has 0 unspecified atom stereocenters. The van der Waals surface area contributed by atoms with Crippen LogP contribution in [0.3, 0.4) is 0 Å². The van der Waals surface area contributed by atoms with Crippen LogP contribution in [0.15, 0.2) is 36.9 Å². The van der Waals surface area contributed by atoms with Gasteiger partial charge in [-0.1, -0.05) is 18.2 Å². The van der Waals surface area contributed by atoms with Crippen molar-refractivity contribution in [1.29, 1.82) is 5.26 Å². The lowest BCUT2D eigenvalue weighted by Crippen LogP contribution is -2.53. The average Bonchev–Trinajstić information content (AvgIpc) is 2.93. The van der Waals surface area contributed by atoms with Crippen molar-refractivity contribution in [3.63, 3.8) is 0 Å². The highest BCUT2D eigenvalue weighted by atomic mass is 16.5. The van der Waals surface area contributed by atoms with Crippen LogP contribution in [0.2, 0.25) is 0 Å². The minimum atomic E-state index is 0.0366. The number of nitriles is 1. The number of rotatable bonds is 4. The van der Waals surface area contributed by atoms with Gasteiger partial charge in [-0.05, 0) is 17.7 Å². The zero-order chi connectivity index (χ0) is 15.5. The number of ether oxygens (including phenoxy) is 1. The smallest absolute Gasteiger partial charge is 0.249 e. The SMILES string of the molecule is C=CCN1C(=O)CO[C@@H]2CN(Cc3cccc(C#N)c3)C[C@H]21. The first kappa shape index (κ1) is 14.8. The Balaban J connectivity index is 1.69. The summed E-state index contributed by atoms with van der Waals surface area (Å²) in [7, 11) is 0. The molecule has 2 saturated heterocycles. The third-order valence-electron chi connectivity index (χ3n) is 4.24. The molecule has 0 N–H and O–H groups in total. The molecule has 2 heterocycles. The number of likely N-dealkylation sites (tertiary alicyclic amines) is 1. The maximum Gasteiger partial charge on any atom is 0.249 e. The van der Waals surface area contributed by atoms with E-state index in [1.165, 1.54) is 0 Å². The van der Waals surface area contributed by atoms with Crippen molar-refractivity contribution in [2.45, 2.75) is 18.7 Å². The van der Waals surface area contributed by atoms with E-state index in [2.05, 4.69) is 17.5 Å². The predicted octanol–water partition coefficient (Wildman–Crippen LogP) is 1.16. The van der Waals surface area contributed by atoms with E-state index >= 15 is 0 Å². The molecule has 0 saturated carbocycles. The molecule has 3 rings (SSSR count). The van der Waals surface area contributed by atoms with E-state index in [4.69, 9.17) is 10.00 Å². The quantitative estimate of drug-likeness (QED) is 0.783. The first-order valence-corrected chi connectivity index (χ1v) is 7.44. The van der Waals surface area contributed by atoms with E-state index in [1.807, 2.05) is 23.1 Å². The van der Waals surface area contributed by atoms with Gasteiger partial charge in [0, 0.05) is 26.2 Å². The number of hydrogen-bond donors (Lipinski definition) is 0. The minimum absolute atomic E-state index is 0.0366. The number of fused-ring (bicyclic) bond motifs is 1. The third kappa shape index (κ3) is 2.89. The van der Waals surface area contributed by atoms with Crippen molar-refractivity contribution in [1.82, 2.24) is 9.80 Å². The van der Waals surface area contributed by atoms with Gasteiger partial charge in [0.1, 0.15) is 6.61 Å². The lowest BCUT2D eigenvalue weighted by molar-refractivity contribution is -0.151. The van der Waals surface area contributed by atoms with Crippen LogP contribution in [0.1, 0.15) is 11.1 Å². The largest absolute Gasteiger partial charge is 0.365 e. The van der Waals surface area contributed by atoms with Crippen LogP contribution in [0.5, 0.6) is 0 Å². The fourth-order valence-corrected chi connectivity index (χ4v) is 3.24. The van der Waals surface area contributed by atoms with Crippen LogP contribution < -0.4 is 0 Å². The highest BCUT2D eigenvalue weighted by Crippen LogP contribution is 2.25. The van der Waals surface area contributed by atoms with Crippen LogP contribution in [0.4, 0.5) is 0 Å². The molecule has 1 amide bonds. The average molecular weight is 297 g/mol. The Labute approximate surface area is 130 Å². The molecule has 2 aliphatic rings. The zero-order valence-corrected chi connectivity index (χ0v) is 12.4. The Morgan fingerprint density at radius 2 is 2.32 bits per heavy atom. The van der Waals surface area contributed by atoms with Crippen molar-refractivity contribution in [3.05, 3.63) is 48.0 Å². The zero-order valence-electron chi connectivity index (χ0n) is 12.4. The number of hydrogen-bond acceptors (Lipinski definition) is 4. The Morgan fingerprint density at radius 3 is 3.09 bits per heavy atom. The van der Waals surface area contributed by atoms with Gasteiger partial charge in [-0.2, -0.15) is 5.26 Å². The summed E-state index contributed by atoms with van der Waals surface area (Å²) in [6.07, 6.45) is 1.83. The van der Waals surface area contributed by atoms with Crippen molar-refractivity contribution in [2.75, 3.05) is 26.2 Å². The lowest BCUT2D eigenvalue weighted by atomic mass is 10.1. The van der Waals surface area contributed by atoms with Crippen molar-refractivity contribution in [2.24, 2.45) is 0 Å². The number of carbonyl (C=O) groups is 1. The molecule has 0 aliphatic carbocycles. The summed E-state index contributed by atoms with van der Waals surface area (Å²) in [6.45, 7) is 6.83. The molecule has 0 radical (unpaired) electrons. The van der Waals surface area contributed by atoms with Crippen LogP contribution in [-0.4, -0.2) is 54.1 Å². The number of amides is 1. The van der Waals surface area contributed by atoms with Crippen molar-refractivity contribution >= 4 is 5.91 Å². The summed E-state index contributed by atoms with van der Waals surface area (Å²) in [4.78, 5) is 16.1. The summed E-state index contributed by atoms with van der Waals surface area (Å²) >= 11 is 0. The standard InChI is InChI=1S/C17H19N3O2/c1-2-6-20-15-10-19(11-16(15)22-12-17(20)21)9-14-5-3-4-13(7-14)8-18/h2-5,7,15-16H,1,6,9-12H2/t15-,16-/m1/s1. The topological polar surface area (TPSA) is 56.6 Å². The van der Waals surface area contributed by atoms with Gasteiger partial charge in [-0.15, -0.1) is 6.58 Å². The number of nitrogens with zero attached hydrogens (tertiary/aromatic N) is 3. The molecule has 0 aromatic heterocycles. The lowest BCUT2D eigenvalue weighted by Gasteiger charge is -2.36. The van der Waals surface area contributed by atoms with Crippen LogP contribution in [0, 0.1) is 11.3 Å². The van der Waals surface area contributed by atoms with Crippen molar-refractivity contribution in [3.8, 4) is 6.07 Å². The third-order valence-corrected chi connectivity index (χ3v) is 4.24. The summed E-state index contributed by atoms with van der Waals surface area (Å²) in [6, 6.07) is 9.91. The number of morpholine rings is 1. The Bertz CT molecular complexity index is 623. The van der Waals surface area contributed by atoms with Crippen LogP contribution in [0.25, 0.3) is 0 Å². The molecule has 114 valence electrons. The molecule has 1 aromatic carbocycles. The van der Waals surface area contributed by atoms with Crippen LogP contribution >= 0.6 is 0 Å². The van der Waals surface area contributed by atoms with Gasteiger partial charge < -0.3 is 9.64 Å². The highest BCUT2D eigenvalue weighted by molar-refractivity contribution is 5.79. The van der Waals surface area contributed by atoms with Gasteiger partial charge >= 0.3 is 0 Å². The van der Waals surface area contributed by atoms with Gasteiger partial charge in [0.2, 0.25) is 5.91 Å². The van der Waals surface area contributed by atoms with Crippen molar-refractivity contribution < 1.29 is 9.53 Å². The summed E-state index contributed by atoms with van der Waals surface area (Å²) < 4.78 is 5.68. The van der Waals surface area contributed by atoms with Gasteiger partial charge in [0.25, 0.3) is 0 Å². The summed E-state index contributed by atoms with van der Waals surface area (Å²) in [5.74, 6) is 0.0366. The monoisotopic (exact) mass is 297 g/mol. The Morgan fingerprint density at radius 1 is 1.45 bits per heavy atom. The fraction of sp³-hybridized carbons (Fsp3) is 0.412. The molecule has 5 heteroatoms. The second-order valence-electron chi connectivity index (χ2n) is 5.76. The molecule has 0 spiro atoms. The molecule has 2 atom stereocenters. The van der Waals surface area contributed by atoms with E-state index in [0.29, 0.717) is 12.1 Å². The molecule has 5 nitrogen and oxygen atoms in total. The fourth-order valence-electron chi connectivity index (χ4n) is 3.24. The molecular formula is C17H19N3O2. The van der Waals surface area contributed by atoms with Gasteiger partial charge in [-0.3, -0.25) is 9.69 Å². The minimum Gasteiger partial charge on any atom is -0.365 e. The summed E-state index contributed by atoms with van der Waals surface area (Å²) in [5, 5.41) is 8.98. The van der Waals surface area contributed by atoms with Gasteiger partial charge in [0.15, 0.2) is 0 Å². The molecule has 0 bridgehead atoms. The first-order valence-electron chi connectivity index (χ1n) is 7.44. The molecule has 22 heavy (non-hydrogen) atoms. The van der Waals surface area contributed by atoms with E-state index < -0.39 is 0 Å². The molecule has 1 aromatic rings. The van der Waals surface area contributed by atoms with Crippen LogP contribution in [-0.2, 0) is 16.1 Å². The van der Waals surface area contributed by atoms with Gasteiger partial charge in [-0.25, -0.2) is 0 Å². The van der Waals surface area contributed by atoms with E-state index in [-0.39, 0.29) is 24.7 Å². The predicted molar refractivity (Wildman–Crippen MR) is 81.9 cm³/mol. The first-order chi connectivity index (χ1) is 10.7. The molecular weight excluding hydrogens is 278 g/mol. The van der Waals surface area contributed by atoms with E-state index in [0.717, 1.165) is 25.2 Å². The maximum absolute atomic E-state index is 12.0. The van der Waals surface area contributed by atoms with E-state index in [1.54, 1.807) is 12.1 Å². The second-order valence-corrected chi connectivity index (χ2v) is 5.76. The Kier molecular flexibility index (Phi) is 4.23. The Hall–Kier alpha value is -2.16. The maximum atomic E-state index is 12.0. The molecule has 2 aliphatic heterocycles. The number of carbonyl (C=O) groups excluding carboxylic acids is 1. The van der Waals surface area contributed by atoms with E-state index in [9.17, 15) is 4.79 Å². The van der Waals surface area contributed by atoms with Gasteiger partial charge in [0.05, 0.1) is 23.8 Å².